The first-order chi connectivity index (χ1) is 6.06. The van der Waals surface area contributed by atoms with Gasteiger partial charge in [0.25, 0.3) is 0 Å². The van der Waals surface area contributed by atoms with Crippen molar-refractivity contribution in [3.8, 4) is 0 Å². The van der Waals surface area contributed by atoms with E-state index in [0.29, 0.717) is 5.02 Å². The van der Waals surface area contributed by atoms with E-state index in [4.69, 9.17) is 22.4 Å². The van der Waals surface area contributed by atoms with E-state index < -0.39 is 0 Å². The predicted molar refractivity (Wildman–Crippen MR) is 54.9 cm³/mol. The van der Waals surface area contributed by atoms with E-state index in [1.54, 1.807) is 0 Å². The quantitative estimate of drug-likeness (QED) is 0.765. The summed E-state index contributed by atoms with van der Waals surface area (Å²) in [5, 5.41) is 9.57. The number of halogens is 1. The fraction of sp³-hybridized carbons (Fsp3) is 0.400. The van der Waals surface area contributed by atoms with E-state index >= 15 is 0 Å². The summed E-state index contributed by atoms with van der Waals surface area (Å²) in [7, 11) is 0. The number of hydrogen-bond donors (Lipinski definition) is 2. The lowest BCUT2D eigenvalue weighted by molar-refractivity contribution is 0.268. The van der Waals surface area contributed by atoms with Gasteiger partial charge in [-0.2, -0.15) is 0 Å². The summed E-state index contributed by atoms with van der Waals surface area (Å²) in [6.07, 6.45) is 0. The topological polar surface area (TPSA) is 46.2 Å². The Morgan fingerprint density at radius 3 is 2.62 bits per heavy atom. The zero-order valence-corrected chi connectivity index (χ0v) is 8.60. The summed E-state index contributed by atoms with van der Waals surface area (Å²) >= 11 is 6.05. The van der Waals surface area contributed by atoms with Crippen LogP contribution in [0.2, 0.25) is 5.02 Å². The van der Waals surface area contributed by atoms with Crippen LogP contribution in [0.5, 0.6) is 0 Å². The number of rotatable bonds is 2. The molecule has 1 atom stereocenters. The van der Waals surface area contributed by atoms with Gasteiger partial charge >= 0.3 is 0 Å². The molecule has 3 heteroatoms. The summed E-state index contributed by atoms with van der Waals surface area (Å²) < 4.78 is 0. The SMILES string of the molecule is Cc1cc(C)c(Cl)c(C(N)CO)c1. The summed E-state index contributed by atoms with van der Waals surface area (Å²) in [6.45, 7) is 3.84. The first kappa shape index (κ1) is 10.5. The Morgan fingerprint density at radius 1 is 1.46 bits per heavy atom. The average Bonchev–Trinajstić information content (AvgIpc) is 2.10. The van der Waals surface area contributed by atoms with E-state index in [0.717, 1.165) is 16.7 Å². The van der Waals surface area contributed by atoms with Gasteiger partial charge in [-0.3, -0.25) is 0 Å². The monoisotopic (exact) mass is 199 g/mol. The molecule has 1 aromatic rings. The van der Waals surface area contributed by atoms with Gasteiger partial charge in [-0.25, -0.2) is 0 Å². The minimum Gasteiger partial charge on any atom is -0.394 e. The van der Waals surface area contributed by atoms with Gasteiger partial charge in [0, 0.05) is 5.02 Å². The highest BCUT2D eigenvalue weighted by Gasteiger charge is 2.11. The highest BCUT2D eigenvalue weighted by molar-refractivity contribution is 6.32. The molecule has 0 aliphatic rings. The zero-order valence-electron chi connectivity index (χ0n) is 7.84. The van der Waals surface area contributed by atoms with Crippen molar-refractivity contribution in [2.45, 2.75) is 19.9 Å². The molecule has 1 unspecified atom stereocenters. The largest absolute Gasteiger partial charge is 0.394 e. The molecule has 0 fully saturated rings. The second kappa shape index (κ2) is 4.09. The molecule has 1 rings (SSSR count). The van der Waals surface area contributed by atoms with Crippen LogP contribution in [0.15, 0.2) is 12.1 Å². The predicted octanol–water partition coefficient (Wildman–Crippen LogP) is 1.95. The lowest BCUT2D eigenvalue weighted by Gasteiger charge is -2.13. The number of benzene rings is 1. The van der Waals surface area contributed by atoms with Crippen LogP contribution in [-0.4, -0.2) is 11.7 Å². The maximum Gasteiger partial charge on any atom is 0.0624 e. The summed E-state index contributed by atoms with van der Waals surface area (Å²) in [5.41, 5.74) is 8.63. The molecule has 0 spiro atoms. The van der Waals surface area contributed by atoms with Crippen LogP contribution in [-0.2, 0) is 0 Å². The summed E-state index contributed by atoms with van der Waals surface area (Å²) in [6, 6.07) is 3.53. The first-order valence-electron chi connectivity index (χ1n) is 4.19. The molecule has 1 aromatic carbocycles. The van der Waals surface area contributed by atoms with E-state index in [1.807, 2.05) is 26.0 Å². The number of aryl methyl sites for hydroxylation is 2. The molecule has 72 valence electrons. The molecule has 2 nitrogen and oxygen atoms in total. The molecule has 13 heavy (non-hydrogen) atoms. The van der Waals surface area contributed by atoms with Gasteiger partial charge in [0.05, 0.1) is 12.6 Å². The fourth-order valence-corrected chi connectivity index (χ4v) is 1.60. The van der Waals surface area contributed by atoms with Crippen molar-refractivity contribution >= 4 is 11.6 Å². The molecule has 0 saturated carbocycles. The second-order valence-corrected chi connectivity index (χ2v) is 3.65. The van der Waals surface area contributed by atoms with Crippen molar-refractivity contribution in [1.29, 1.82) is 0 Å². The van der Waals surface area contributed by atoms with Crippen LogP contribution in [0.4, 0.5) is 0 Å². The molecular formula is C10H14ClNO. The minimum absolute atomic E-state index is 0.0807. The Bertz CT molecular complexity index is 312. The van der Waals surface area contributed by atoms with Gasteiger partial charge in [-0.15, -0.1) is 0 Å². The van der Waals surface area contributed by atoms with Crippen molar-refractivity contribution < 1.29 is 5.11 Å². The molecule has 0 heterocycles. The van der Waals surface area contributed by atoms with Crippen molar-refractivity contribution in [1.82, 2.24) is 0 Å². The Kier molecular flexibility index (Phi) is 3.31. The smallest absolute Gasteiger partial charge is 0.0624 e. The Morgan fingerprint density at radius 2 is 2.08 bits per heavy atom. The maximum atomic E-state index is 8.91. The van der Waals surface area contributed by atoms with Crippen molar-refractivity contribution in [3.05, 3.63) is 33.8 Å². The molecule has 0 radical (unpaired) electrons. The molecule has 0 saturated heterocycles. The van der Waals surface area contributed by atoms with E-state index in [-0.39, 0.29) is 12.6 Å². The van der Waals surface area contributed by atoms with Crippen LogP contribution in [0.1, 0.15) is 22.7 Å². The normalized spacial score (nSPS) is 13.0. The number of nitrogens with two attached hydrogens (primary N) is 1. The van der Waals surface area contributed by atoms with Crippen molar-refractivity contribution in [2.75, 3.05) is 6.61 Å². The summed E-state index contributed by atoms with van der Waals surface area (Å²) in [4.78, 5) is 0. The second-order valence-electron chi connectivity index (χ2n) is 3.27. The highest BCUT2D eigenvalue weighted by Crippen LogP contribution is 2.26. The van der Waals surface area contributed by atoms with Crippen LogP contribution in [0.25, 0.3) is 0 Å². The van der Waals surface area contributed by atoms with Gasteiger partial charge in [0.15, 0.2) is 0 Å². The molecule has 0 amide bonds. The maximum absolute atomic E-state index is 8.91. The third-order valence-corrected chi connectivity index (χ3v) is 2.54. The number of aliphatic hydroxyl groups is 1. The van der Waals surface area contributed by atoms with Crippen LogP contribution in [0.3, 0.4) is 0 Å². The molecule has 3 N–H and O–H groups in total. The Hall–Kier alpha value is -0.570. The van der Waals surface area contributed by atoms with Crippen molar-refractivity contribution in [2.24, 2.45) is 5.73 Å². The molecule has 0 aliphatic heterocycles. The van der Waals surface area contributed by atoms with Crippen LogP contribution in [0, 0.1) is 13.8 Å². The average molecular weight is 200 g/mol. The van der Waals surface area contributed by atoms with Gasteiger partial charge in [0.1, 0.15) is 0 Å². The van der Waals surface area contributed by atoms with E-state index in [1.165, 1.54) is 0 Å². The van der Waals surface area contributed by atoms with Crippen LogP contribution < -0.4 is 5.73 Å². The number of aliphatic hydroxyl groups excluding tert-OH is 1. The van der Waals surface area contributed by atoms with E-state index in [9.17, 15) is 0 Å². The number of hydrogen-bond acceptors (Lipinski definition) is 2. The third kappa shape index (κ3) is 2.21. The fourth-order valence-electron chi connectivity index (χ4n) is 1.35. The lowest BCUT2D eigenvalue weighted by atomic mass is 10.0. The van der Waals surface area contributed by atoms with E-state index in [2.05, 4.69) is 0 Å². The van der Waals surface area contributed by atoms with Gasteiger partial charge in [0.2, 0.25) is 0 Å². The Balaban J connectivity index is 3.20. The van der Waals surface area contributed by atoms with Crippen molar-refractivity contribution in [3.63, 3.8) is 0 Å². The molecule has 0 bridgehead atoms. The standard InChI is InChI=1S/C10H14ClNO/c1-6-3-7(2)10(11)8(4-6)9(12)5-13/h3-4,9,13H,5,12H2,1-2H3. The zero-order chi connectivity index (χ0) is 10.0. The highest BCUT2D eigenvalue weighted by atomic mass is 35.5. The van der Waals surface area contributed by atoms with Gasteiger partial charge in [-0.1, -0.05) is 29.3 Å². The molecular weight excluding hydrogens is 186 g/mol. The van der Waals surface area contributed by atoms with Crippen LogP contribution >= 0.6 is 11.6 Å². The van der Waals surface area contributed by atoms with Gasteiger partial charge < -0.3 is 10.8 Å². The third-order valence-electron chi connectivity index (χ3n) is 2.02. The minimum atomic E-state index is -0.383. The molecule has 0 aliphatic carbocycles. The molecule has 0 aromatic heterocycles. The summed E-state index contributed by atoms with van der Waals surface area (Å²) in [5.74, 6) is 0. The Labute approximate surface area is 83.3 Å². The van der Waals surface area contributed by atoms with Gasteiger partial charge in [-0.05, 0) is 25.0 Å². The lowest BCUT2D eigenvalue weighted by Crippen LogP contribution is -2.15. The first-order valence-corrected chi connectivity index (χ1v) is 4.57.